The van der Waals surface area contributed by atoms with Crippen molar-refractivity contribution in [3.05, 3.63) is 47.6 Å². The summed E-state index contributed by atoms with van der Waals surface area (Å²) in [5, 5.41) is 1.17. The zero-order valence-corrected chi connectivity index (χ0v) is 11.5. The van der Waals surface area contributed by atoms with Gasteiger partial charge in [-0.1, -0.05) is 6.07 Å². The Balaban J connectivity index is 1.96. The molecule has 100 valence electrons. The normalized spacial score (nSPS) is 14.4. The Morgan fingerprint density at radius 1 is 1.05 bits per heavy atom. The van der Waals surface area contributed by atoms with Gasteiger partial charge in [-0.05, 0) is 37.8 Å². The first-order valence-corrected chi connectivity index (χ1v) is 7.14. The smallest absolute Gasteiger partial charge is 0.147 e. The van der Waals surface area contributed by atoms with Gasteiger partial charge in [0, 0.05) is 36.0 Å². The van der Waals surface area contributed by atoms with E-state index in [4.69, 9.17) is 4.42 Å². The Labute approximate surface area is 117 Å². The Bertz CT molecular complexity index is 772. The van der Waals surface area contributed by atoms with Crippen LogP contribution in [-0.4, -0.2) is 9.97 Å². The van der Waals surface area contributed by atoms with Crippen LogP contribution in [0.2, 0.25) is 0 Å². The van der Waals surface area contributed by atoms with Gasteiger partial charge in [0.1, 0.15) is 11.3 Å². The van der Waals surface area contributed by atoms with Gasteiger partial charge in [-0.3, -0.25) is 9.97 Å². The molecule has 4 rings (SSSR count). The van der Waals surface area contributed by atoms with Crippen LogP contribution in [0, 0.1) is 6.92 Å². The fourth-order valence-electron chi connectivity index (χ4n) is 2.98. The number of hydrogen-bond donors (Lipinski definition) is 0. The molecule has 3 nitrogen and oxygen atoms in total. The topological polar surface area (TPSA) is 38.9 Å². The van der Waals surface area contributed by atoms with Crippen LogP contribution in [-0.2, 0) is 12.8 Å². The lowest BCUT2D eigenvalue weighted by atomic mass is 9.96. The van der Waals surface area contributed by atoms with Crippen LogP contribution < -0.4 is 0 Å². The Kier molecular flexibility index (Phi) is 2.59. The number of rotatable bonds is 1. The largest absolute Gasteiger partial charge is 0.460 e. The van der Waals surface area contributed by atoms with Crippen molar-refractivity contribution in [1.29, 1.82) is 0 Å². The first-order chi connectivity index (χ1) is 9.83. The fraction of sp³-hybridized carbons (Fsp3) is 0.294. The van der Waals surface area contributed by atoms with E-state index in [-0.39, 0.29) is 0 Å². The van der Waals surface area contributed by atoms with Gasteiger partial charge < -0.3 is 4.42 Å². The molecule has 0 unspecified atom stereocenters. The summed E-state index contributed by atoms with van der Waals surface area (Å²) in [6.45, 7) is 2.04. The maximum atomic E-state index is 6.13. The lowest BCUT2D eigenvalue weighted by Crippen LogP contribution is -1.98. The molecule has 0 bridgehead atoms. The number of nitrogens with zero attached hydrogens (tertiary/aromatic N) is 2. The molecule has 0 spiro atoms. The van der Waals surface area contributed by atoms with E-state index in [0.29, 0.717) is 0 Å². The summed E-state index contributed by atoms with van der Waals surface area (Å²) >= 11 is 0. The molecule has 1 aliphatic carbocycles. The van der Waals surface area contributed by atoms with Gasteiger partial charge in [0.05, 0.1) is 11.3 Å². The third-order valence-corrected chi connectivity index (χ3v) is 4.05. The van der Waals surface area contributed by atoms with Gasteiger partial charge >= 0.3 is 0 Å². The molecule has 0 aliphatic heterocycles. The molecule has 0 aromatic carbocycles. The fourth-order valence-corrected chi connectivity index (χ4v) is 2.98. The molecule has 0 radical (unpaired) electrons. The Morgan fingerprint density at radius 2 is 1.95 bits per heavy atom. The van der Waals surface area contributed by atoms with Crippen LogP contribution in [0.3, 0.4) is 0 Å². The standard InChI is InChI=1S/C17H16N2O/c1-11-6-7-15(19-8-11)14-10-18-9-13-12-4-2-3-5-16(12)20-17(13)14/h6-10H,2-5H2,1H3. The Hall–Kier alpha value is -2.16. The van der Waals surface area contributed by atoms with E-state index in [1.54, 1.807) is 0 Å². The van der Waals surface area contributed by atoms with Gasteiger partial charge in [-0.2, -0.15) is 0 Å². The molecule has 0 amide bonds. The lowest BCUT2D eigenvalue weighted by Gasteiger charge is -2.08. The summed E-state index contributed by atoms with van der Waals surface area (Å²) in [5.74, 6) is 1.15. The van der Waals surface area contributed by atoms with Crippen LogP contribution in [0.25, 0.3) is 22.2 Å². The molecular weight excluding hydrogens is 248 g/mol. The lowest BCUT2D eigenvalue weighted by molar-refractivity contribution is 0.506. The van der Waals surface area contributed by atoms with Crippen LogP contribution in [0.4, 0.5) is 0 Å². The average molecular weight is 264 g/mol. The molecule has 3 heterocycles. The SMILES string of the molecule is Cc1ccc(-c2cncc3c4c(oc23)CCCC4)nc1. The number of fused-ring (bicyclic) bond motifs is 3. The highest BCUT2D eigenvalue weighted by molar-refractivity contribution is 5.93. The molecule has 3 aromatic heterocycles. The molecule has 1 aliphatic rings. The van der Waals surface area contributed by atoms with Gasteiger partial charge in [0.25, 0.3) is 0 Å². The Morgan fingerprint density at radius 3 is 2.80 bits per heavy atom. The summed E-state index contributed by atoms with van der Waals surface area (Å²) in [7, 11) is 0. The predicted octanol–water partition coefficient (Wildman–Crippen LogP) is 4.08. The van der Waals surface area contributed by atoms with Crippen LogP contribution in [0.5, 0.6) is 0 Å². The van der Waals surface area contributed by atoms with Crippen LogP contribution >= 0.6 is 0 Å². The molecular formula is C17H16N2O. The second-order valence-electron chi connectivity index (χ2n) is 5.50. The minimum atomic E-state index is 0.930. The van der Waals surface area contributed by atoms with E-state index >= 15 is 0 Å². The number of hydrogen-bond acceptors (Lipinski definition) is 3. The first-order valence-electron chi connectivity index (χ1n) is 7.14. The van der Waals surface area contributed by atoms with Crippen molar-refractivity contribution in [2.24, 2.45) is 0 Å². The van der Waals surface area contributed by atoms with Crippen LogP contribution in [0.15, 0.2) is 35.1 Å². The number of furan rings is 1. The number of pyridine rings is 2. The molecule has 0 fully saturated rings. The molecule has 0 atom stereocenters. The van der Waals surface area contributed by atoms with Crippen molar-refractivity contribution >= 4 is 11.0 Å². The second kappa shape index (κ2) is 4.44. The van der Waals surface area contributed by atoms with Gasteiger partial charge in [-0.15, -0.1) is 0 Å². The van der Waals surface area contributed by atoms with Crippen LogP contribution in [0.1, 0.15) is 29.7 Å². The molecule has 3 heteroatoms. The van der Waals surface area contributed by atoms with E-state index in [1.807, 2.05) is 31.6 Å². The zero-order chi connectivity index (χ0) is 13.5. The summed E-state index contributed by atoms with van der Waals surface area (Å²) in [4.78, 5) is 8.90. The predicted molar refractivity (Wildman–Crippen MR) is 78.6 cm³/mol. The maximum absolute atomic E-state index is 6.13. The van der Waals surface area contributed by atoms with E-state index in [2.05, 4.69) is 16.0 Å². The molecule has 20 heavy (non-hydrogen) atoms. The molecule has 0 N–H and O–H groups in total. The maximum Gasteiger partial charge on any atom is 0.147 e. The highest BCUT2D eigenvalue weighted by Gasteiger charge is 2.20. The summed E-state index contributed by atoms with van der Waals surface area (Å²) in [6, 6.07) is 4.11. The summed E-state index contributed by atoms with van der Waals surface area (Å²) < 4.78 is 6.13. The van der Waals surface area contributed by atoms with Crippen molar-refractivity contribution in [2.75, 3.05) is 0 Å². The second-order valence-corrected chi connectivity index (χ2v) is 5.50. The van der Waals surface area contributed by atoms with E-state index < -0.39 is 0 Å². The van der Waals surface area contributed by atoms with E-state index in [0.717, 1.165) is 41.0 Å². The molecule has 0 saturated carbocycles. The monoisotopic (exact) mass is 264 g/mol. The summed E-state index contributed by atoms with van der Waals surface area (Å²) in [6.07, 6.45) is 10.3. The number of aromatic nitrogens is 2. The number of aryl methyl sites for hydroxylation is 3. The third-order valence-electron chi connectivity index (χ3n) is 4.05. The average Bonchev–Trinajstić information content (AvgIpc) is 2.87. The summed E-state index contributed by atoms with van der Waals surface area (Å²) in [5.41, 5.74) is 5.39. The highest BCUT2D eigenvalue weighted by atomic mass is 16.3. The van der Waals surface area contributed by atoms with Crippen molar-refractivity contribution in [2.45, 2.75) is 32.6 Å². The van der Waals surface area contributed by atoms with Crippen molar-refractivity contribution in [1.82, 2.24) is 9.97 Å². The van der Waals surface area contributed by atoms with Crippen molar-refractivity contribution in [3.8, 4) is 11.3 Å². The highest BCUT2D eigenvalue weighted by Crippen LogP contribution is 2.36. The minimum absolute atomic E-state index is 0.930. The zero-order valence-electron chi connectivity index (χ0n) is 11.5. The van der Waals surface area contributed by atoms with Crippen molar-refractivity contribution < 1.29 is 4.42 Å². The molecule has 3 aromatic rings. The third kappa shape index (κ3) is 1.73. The van der Waals surface area contributed by atoms with Gasteiger partial charge in [-0.25, -0.2) is 0 Å². The molecule has 0 saturated heterocycles. The van der Waals surface area contributed by atoms with Gasteiger partial charge in [0.2, 0.25) is 0 Å². The first kappa shape index (κ1) is 11.6. The van der Waals surface area contributed by atoms with Gasteiger partial charge in [0.15, 0.2) is 0 Å². The minimum Gasteiger partial charge on any atom is -0.460 e. The van der Waals surface area contributed by atoms with E-state index in [9.17, 15) is 0 Å². The quantitative estimate of drug-likeness (QED) is 0.665. The van der Waals surface area contributed by atoms with E-state index in [1.165, 1.54) is 23.8 Å². The van der Waals surface area contributed by atoms with Crippen molar-refractivity contribution in [3.63, 3.8) is 0 Å².